The normalized spacial score (nSPS) is 55.9. The van der Waals surface area contributed by atoms with Crippen LogP contribution in [0.3, 0.4) is 0 Å². The molecule has 1 unspecified atom stereocenters. The van der Waals surface area contributed by atoms with Crippen molar-refractivity contribution in [2.45, 2.75) is 45.3 Å². The van der Waals surface area contributed by atoms with Gasteiger partial charge in [-0.1, -0.05) is 25.0 Å². The minimum Gasteiger partial charge on any atom is -0.0853 e. The van der Waals surface area contributed by atoms with E-state index in [0.717, 1.165) is 6.08 Å². The highest BCUT2D eigenvalue weighted by Gasteiger charge is 2.00. The third kappa shape index (κ3) is 2.21. The van der Waals surface area contributed by atoms with Crippen LogP contribution in [-0.4, -0.2) is 0 Å². The first-order valence-corrected chi connectivity index (χ1v) is 3.22. The molecule has 9 heavy (non-hydrogen) atoms. The third-order valence-electron chi connectivity index (χ3n) is 1.20. The van der Waals surface area contributed by atoms with Gasteiger partial charge >= 0.3 is 0 Å². The Bertz CT molecular complexity index is 305. The van der Waals surface area contributed by atoms with Gasteiger partial charge in [-0.25, -0.2) is 0 Å². The summed E-state index contributed by atoms with van der Waals surface area (Å²) in [5, 5.41) is 0. The fourth-order valence-electron chi connectivity index (χ4n) is 0.774. The van der Waals surface area contributed by atoms with E-state index in [1.165, 1.54) is 0 Å². The molecule has 0 aromatic rings. The van der Waals surface area contributed by atoms with Crippen molar-refractivity contribution in [1.82, 2.24) is 0 Å². The predicted octanol–water partition coefficient (Wildman–Crippen LogP) is 3.29. The van der Waals surface area contributed by atoms with Crippen molar-refractivity contribution in [2.24, 2.45) is 0 Å². The van der Waals surface area contributed by atoms with E-state index in [9.17, 15) is 0 Å². The summed E-state index contributed by atoms with van der Waals surface area (Å²) in [6.45, 7) is 1.86. The molecule has 0 radical (unpaired) electrons. The van der Waals surface area contributed by atoms with Crippen LogP contribution in [0.4, 0.5) is 0 Å². The lowest BCUT2D eigenvalue weighted by molar-refractivity contribution is 0.670. The Balaban J connectivity index is 3.26. The van der Waals surface area contributed by atoms with E-state index >= 15 is 0 Å². The number of allylic oxidation sites excluding steroid dienone is 2. The summed E-state index contributed by atoms with van der Waals surface area (Å²) in [4.78, 5) is 0. The largest absolute Gasteiger partial charge is 0.0853 e. The van der Waals surface area contributed by atoms with Gasteiger partial charge in [-0.3, -0.25) is 0 Å². The highest BCUT2D eigenvalue weighted by Crippen LogP contribution is 2.20. The Hall–Kier alpha value is -0.260. The van der Waals surface area contributed by atoms with Crippen LogP contribution in [0.15, 0.2) is 11.6 Å². The fourth-order valence-corrected chi connectivity index (χ4v) is 0.774. The zero-order valence-corrected chi connectivity index (χ0v) is 5.57. The van der Waals surface area contributed by atoms with Gasteiger partial charge in [0.1, 0.15) is 0 Å². The van der Waals surface area contributed by atoms with Crippen molar-refractivity contribution in [1.29, 1.82) is 0 Å². The smallest absolute Gasteiger partial charge is 0.0312 e. The van der Waals surface area contributed by atoms with Crippen molar-refractivity contribution < 1.29 is 9.60 Å². The van der Waals surface area contributed by atoms with E-state index in [-0.39, 0.29) is 0 Å². The molecule has 0 aromatic carbocycles. The van der Waals surface area contributed by atoms with Crippen molar-refractivity contribution in [2.75, 3.05) is 0 Å². The van der Waals surface area contributed by atoms with Crippen LogP contribution >= 0.6 is 0 Å². The first kappa shape index (κ1) is 2.11. The molecule has 0 aliphatic heterocycles. The van der Waals surface area contributed by atoms with Gasteiger partial charge in [-0.2, -0.15) is 0 Å². The zero-order valence-electron chi connectivity index (χ0n) is 12.6. The van der Waals surface area contributed by atoms with Crippen molar-refractivity contribution in [3.63, 3.8) is 0 Å². The van der Waals surface area contributed by atoms with Crippen molar-refractivity contribution in [3.8, 4) is 0 Å². The molecule has 1 rings (SSSR count). The summed E-state index contributed by atoms with van der Waals surface area (Å²) >= 11 is 0. The van der Waals surface area contributed by atoms with Crippen molar-refractivity contribution >= 4 is 0 Å². The van der Waals surface area contributed by atoms with Gasteiger partial charge in [-0.05, 0) is 31.9 Å². The van der Waals surface area contributed by atoms with Crippen LogP contribution < -0.4 is 0 Å². The van der Waals surface area contributed by atoms with E-state index < -0.39 is 25.5 Å². The molecule has 0 heterocycles. The second kappa shape index (κ2) is 3.71. The molecule has 0 spiro atoms. The quantitative estimate of drug-likeness (QED) is 0.504. The molecule has 1 aliphatic rings. The molecule has 52 valence electrons. The van der Waals surface area contributed by atoms with Crippen LogP contribution in [-0.2, 0) is 0 Å². The second-order valence-electron chi connectivity index (χ2n) is 2.03. The molecule has 0 N–H and O–H groups in total. The van der Waals surface area contributed by atoms with Crippen LogP contribution in [0, 0.1) is 0 Å². The SMILES string of the molecule is [2H]C1C(CCC)=CC([2H])([2H])C([2H])([2H])C1([2H])[2H]. The molecule has 0 bridgehead atoms. The molecular weight excluding hydrogens is 108 g/mol. The van der Waals surface area contributed by atoms with Crippen molar-refractivity contribution in [3.05, 3.63) is 11.6 Å². The second-order valence-corrected chi connectivity index (χ2v) is 2.03. The van der Waals surface area contributed by atoms with Gasteiger partial charge in [0, 0.05) is 9.60 Å². The van der Waals surface area contributed by atoms with Gasteiger partial charge in [0.2, 0.25) is 0 Å². The first-order valence-electron chi connectivity index (χ1n) is 6.79. The van der Waals surface area contributed by atoms with Gasteiger partial charge in [-0.15, -0.1) is 0 Å². The Morgan fingerprint density at radius 3 is 3.33 bits per heavy atom. The Morgan fingerprint density at radius 1 is 1.67 bits per heavy atom. The number of hydrogen-bond donors (Lipinski definition) is 0. The lowest BCUT2D eigenvalue weighted by atomic mass is 9.96. The van der Waals surface area contributed by atoms with Crippen LogP contribution in [0.1, 0.15) is 54.9 Å². The van der Waals surface area contributed by atoms with E-state index in [0.29, 0.717) is 18.4 Å². The molecule has 0 heteroatoms. The molecule has 0 saturated carbocycles. The summed E-state index contributed by atoms with van der Waals surface area (Å²) in [6.07, 6.45) is -6.65. The summed E-state index contributed by atoms with van der Waals surface area (Å²) in [7, 11) is 0. The fraction of sp³-hybridized carbons (Fsp3) is 0.778. The average molecular weight is 131 g/mol. The summed E-state index contributed by atoms with van der Waals surface area (Å²) < 4.78 is 53.2. The number of hydrogen-bond acceptors (Lipinski definition) is 0. The predicted molar refractivity (Wildman–Crippen MR) is 41.5 cm³/mol. The standard InChI is InChI=1S/C9H16/c1-2-6-9-7-4-3-5-8-9/h7H,2-6,8H2,1H3/i3D2,4D2,5D2,8D. The zero-order chi connectivity index (χ0) is 12.8. The topological polar surface area (TPSA) is 0 Å². The highest BCUT2D eigenvalue weighted by molar-refractivity contribution is 5.04. The molecule has 0 nitrogen and oxygen atoms in total. The maximum atomic E-state index is 7.72. The van der Waals surface area contributed by atoms with E-state index in [2.05, 4.69) is 0 Å². The lowest BCUT2D eigenvalue weighted by Crippen LogP contribution is -1.90. The lowest BCUT2D eigenvalue weighted by Gasteiger charge is -2.10. The number of rotatable bonds is 2. The molecule has 1 aliphatic carbocycles. The Labute approximate surface area is 67.8 Å². The van der Waals surface area contributed by atoms with Gasteiger partial charge in [0.05, 0.1) is 0 Å². The maximum Gasteiger partial charge on any atom is 0.0312 e. The van der Waals surface area contributed by atoms with Crippen LogP contribution in [0.2, 0.25) is 0 Å². The molecule has 1 atom stereocenters. The first-order chi connectivity index (χ1) is 7.08. The summed E-state index contributed by atoms with van der Waals surface area (Å²) in [6, 6.07) is 0. The monoisotopic (exact) mass is 131 g/mol. The summed E-state index contributed by atoms with van der Waals surface area (Å²) in [5.41, 5.74) is 0.354. The summed E-state index contributed by atoms with van der Waals surface area (Å²) in [5.74, 6) is 0. The molecule has 0 aromatic heterocycles. The van der Waals surface area contributed by atoms with Gasteiger partial charge < -0.3 is 0 Å². The molecular formula is C9H16. The Morgan fingerprint density at radius 2 is 2.56 bits per heavy atom. The van der Waals surface area contributed by atoms with Crippen LogP contribution in [0.5, 0.6) is 0 Å². The average Bonchev–Trinajstić information content (AvgIpc) is 2.13. The maximum absolute atomic E-state index is 7.72. The van der Waals surface area contributed by atoms with E-state index in [4.69, 9.17) is 9.60 Å². The molecule has 0 amide bonds. The minimum atomic E-state index is -2.68. The van der Waals surface area contributed by atoms with Gasteiger partial charge in [0.25, 0.3) is 0 Å². The molecule has 0 saturated heterocycles. The third-order valence-corrected chi connectivity index (χ3v) is 1.20. The molecule has 0 fully saturated rings. The minimum absolute atomic E-state index is 0.354. The van der Waals surface area contributed by atoms with Crippen LogP contribution in [0.25, 0.3) is 0 Å². The highest BCUT2D eigenvalue weighted by atomic mass is 14.1. The Kier molecular flexibility index (Phi) is 0.870. The van der Waals surface area contributed by atoms with Gasteiger partial charge in [0.15, 0.2) is 0 Å². The van der Waals surface area contributed by atoms with E-state index in [1.807, 2.05) is 6.92 Å². The van der Waals surface area contributed by atoms with E-state index in [1.54, 1.807) is 0 Å².